The number of hydrogen-bond donors (Lipinski definition) is 3. The summed E-state index contributed by atoms with van der Waals surface area (Å²) in [5, 5.41) is 26.3. The van der Waals surface area contributed by atoms with Crippen LogP contribution in [0.15, 0.2) is 18.2 Å². The van der Waals surface area contributed by atoms with Crippen LogP contribution < -0.4 is 0 Å². The lowest BCUT2D eigenvalue weighted by Crippen LogP contribution is -2.06. The van der Waals surface area contributed by atoms with Crippen LogP contribution >= 0.6 is 0 Å². The maximum atomic E-state index is 11.1. The predicted molar refractivity (Wildman–Crippen MR) is 57.7 cm³/mol. The maximum absolute atomic E-state index is 11.1. The van der Waals surface area contributed by atoms with Gasteiger partial charge in [0.05, 0.1) is 0 Å². The third kappa shape index (κ3) is 4.00. The number of ketones is 1. The van der Waals surface area contributed by atoms with Gasteiger partial charge in [0, 0.05) is 5.56 Å². The topological polar surface area (TPSA) is 94.8 Å². The second kappa shape index (κ2) is 6.44. The molecule has 0 amide bonds. The third-order valence-corrected chi connectivity index (χ3v) is 1.61. The number of benzene rings is 1. The number of carbonyl (C=O) groups excluding carboxylic acids is 1. The van der Waals surface area contributed by atoms with Crippen LogP contribution in [0.4, 0.5) is 0 Å². The van der Waals surface area contributed by atoms with Crippen LogP contribution in [0.25, 0.3) is 0 Å². The summed E-state index contributed by atoms with van der Waals surface area (Å²) in [6.45, 7) is 4.00. The van der Waals surface area contributed by atoms with Gasteiger partial charge in [0.2, 0.25) is 0 Å². The Morgan fingerprint density at radius 3 is 2.12 bits per heavy atom. The van der Waals surface area contributed by atoms with E-state index in [0.717, 1.165) is 12.1 Å². The van der Waals surface area contributed by atoms with E-state index in [1.54, 1.807) is 0 Å². The Labute approximate surface area is 93.0 Å². The predicted octanol–water partition coefficient (Wildman–Crippen LogP) is 1.78. The lowest BCUT2D eigenvalue weighted by atomic mass is 10.1. The molecular weight excluding hydrogens is 212 g/mol. The van der Waals surface area contributed by atoms with Crippen LogP contribution in [0, 0.1) is 0 Å². The molecule has 0 radical (unpaired) electrons. The fourth-order valence-electron chi connectivity index (χ4n) is 0.936. The maximum Gasteiger partial charge on any atom is 0.311 e. The van der Waals surface area contributed by atoms with Crippen molar-refractivity contribution in [1.29, 1.82) is 0 Å². The molecule has 0 heterocycles. The van der Waals surface area contributed by atoms with Crippen LogP contribution in [0.1, 0.15) is 30.6 Å². The lowest BCUT2D eigenvalue weighted by Gasteiger charge is -2.00. The Morgan fingerprint density at radius 2 is 1.69 bits per heavy atom. The first-order chi connectivity index (χ1) is 7.50. The number of phenolic OH excluding ortho intramolecular Hbond substituents is 2. The van der Waals surface area contributed by atoms with E-state index >= 15 is 0 Å². The van der Waals surface area contributed by atoms with Gasteiger partial charge in [-0.1, -0.05) is 13.8 Å². The number of phenols is 2. The molecule has 0 saturated carbocycles. The zero-order chi connectivity index (χ0) is 12.7. The van der Waals surface area contributed by atoms with Crippen molar-refractivity contribution in [3.05, 3.63) is 23.8 Å². The molecule has 0 fully saturated rings. The number of carboxylic acids is 1. The van der Waals surface area contributed by atoms with Crippen molar-refractivity contribution in [2.75, 3.05) is 0 Å². The summed E-state index contributed by atoms with van der Waals surface area (Å²) >= 11 is 0. The van der Waals surface area contributed by atoms with Gasteiger partial charge in [0.15, 0.2) is 17.3 Å². The quantitative estimate of drug-likeness (QED) is 0.415. The molecule has 0 bridgehead atoms. The van der Waals surface area contributed by atoms with Gasteiger partial charge in [0.25, 0.3) is 0 Å². The number of carboxylic acid groups (broad SMARTS) is 1. The molecule has 16 heavy (non-hydrogen) atoms. The highest BCUT2D eigenvalue weighted by Crippen LogP contribution is 2.25. The third-order valence-electron chi connectivity index (χ3n) is 1.61. The van der Waals surface area contributed by atoms with Crippen molar-refractivity contribution in [3.8, 4) is 11.5 Å². The van der Waals surface area contributed by atoms with E-state index in [0.29, 0.717) is 0 Å². The van der Waals surface area contributed by atoms with E-state index in [2.05, 4.69) is 0 Å². The number of carbonyl (C=O) groups is 2. The van der Waals surface area contributed by atoms with Crippen LogP contribution in [0.2, 0.25) is 0 Å². The molecule has 0 aliphatic rings. The molecule has 3 N–H and O–H groups in total. The second-order valence-corrected chi connectivity index (χ2v) is 2.70. The first-order valence-corrected chi connectivity index (χ1v) is 4.77. The highest BCUT2D eigenvalue weighted by molar-refractivity contribution is 6.05. The summed E-state index contributed by atoms with van der Waals surface area (Å²) in [7, 11) is 0. The van der Waals surface area contributed by atoms with E-state index in [-0.39, 0.29) is 11.3 Å². The van der Waals surface area contributed by atoms with E-state index in [4.69, 9.17) is 15.3 Å². The molecular formula is C11H14O5. The minimum Gasteiger partial charge on any atom is -0.504 e. The molecule has 1 rings (SSSR count). The molecule has 1 aromatic rings. The van der Waals surface area contributed by atoms with Crippen LogP contribution in [0.3, 0.4) is 0 Å². The molecule has 0 atom stereocenters. The lowest BCUT2D eigenvalue weighted by molar-refractivity contribution is -0.135. The Bertz CT molecular complexity index is 384. The van der Waals surface area contributed by atoms with E-state index < -0.39 is 23.9 Å². The fraction of sp³-hybridized carbons (Fsp3) is 0.273. The highest BCUT2D eigenvalue weighted by Gasteiger charge is 2.12. The fourth-order valence-corrected chi connectivity index (χ4v) is 0.936. The molecule has 5 nitrogen and oxygen atoms in total. The zero-order valence-electron chi connectivity index (χ0n) is 9.10. The first-order valence-electron chi connectivity index (χ1n) is 4.77. The number of aliphatic carboxylic acids is 1. The van der Waals surface area contributed by atoms with Gasteiger partial charge in [0.1, 0.15) is 6.42 Å². The monoisotopic (exact) mass is 226 g/mol. The van der Waals surface area contributed by atoms with Crippen molar-refractivity contribution in [2.24, 2.45) is 0 Å². The molecule has 0 aliphatic heterocycles. The van der Waals surface area contributed by atoms with Crippen molar-refractivity contribution < 1.29 is 24.9 Å². The van der Waals surface area contributed by atoms with E-state index in [1.807, 2.05) is 13.8 Å². The smallest absolute Gasteiger partial charge is 0.311 e. The molecule has 88 valence electrons. The summed E-state index contributed by atoms with van der Waals surface area (Å²) in [6, 6.07) is 3.41. The van der Waals surface area contributed by atoms with Gasteiger partial charge in [-0.2, -0.15) is 0 Å². The average Bonchev–Trinajstić information content (AvgIpc) is 2.24. The average molecular weight is 226 g/mol. The van der Waals surface area contributed by atoms with Crippen molar-refractivity contribution >= 4 is 11.8 Å². The number of aromatic hydroxyl groups is 2. The molecule has 0 unspecified atom stereocenters. The van der Waals surface area contributed by atoms with Gasteiger partial charge in [-0.05, 0) is 18.2 Å². The number of hydrogen-bond acceptors (Lipinski definition) is 4. The van der Waals surface area contributed by atoms with Crippen molar-refractivity contribution in [2.45, 2.75) is 20.3 Å². The summed E-state index contributed by atoms with van der Waals surface area (Å²) in [6.07, 6.45) is -0.635. The van der Waals surface area contributed by atoms with Crippen molar-refractivity contribution in [1.82, 2.24) is 0 Å². The van der Waals surface area contributed by atoms with Gasteiger partial charge in [-0.3, -0.25) is 9.59 Å². The summed E-state index contributed by atoms with van der Waals surface area (Å²) in [5.41, 5.74) is 0.0581. The largest absolute Gasteiger partial charge is 0.504 e. The summed E-state index contributed by atoms with van der Waals surface area (Å²) in [5.74, 6) is -2.64. The Kier molecular flexibility index (Phi) is 5.62. The minimum atomic E-state index is -1.23. The molecule has 0 saturated heterocycles. The number of Topliss-reactive ketones (excluding diaryl/α,β-unsaturated/α-hetero) is 1. The highest BCUT2D eigenvalue weighted by atomic mass is 16.4. The van der Waals surface area contributed by atoms with Crippen molar-refractivity contribution in [3.63, 3.8) is 0 Å². The van der Waals surface area contributed by atoms with E-state index in [9.17, 15) is 9.59 Å². The summed E-state index contributed by atoms with van der Waals surface area (Å²) in [4.78, 5) is 21.3. The molecule has 0 aliphatic carbocycles. The molecule has 1 aromatic carbocycles. The Balaban J connectivity index is 0.00000106. The zero-order valence-corrected chi connectivity index (χ0v) is 9.10. The minimum absolute atomic E-state index is 0.0581. The van der Waals surface area contributed by atoms with Gasteiger partial charge >= 0.3 is 5.97 Å². The Morgan fingerprint density at radius 1 is 1.12 bits per heavy atom. The standard InChI is InChI=1S/C9H8O5.C2H6/c10-6-2-1-5(3-8(6)12)7(11)4-9(13)14;1-2/h1-3,10,12H,4H2,(H,13,14);1-2H3. The molecule has 5 heteroatoms. The first kappa shape index (κ1) is 14.0. The molecule has 0 aromatic heterocycles. The van der Waals surface area contributed by atoms with Gasteiger partial charge in [-0.15, -0.1) is 0 Å². The van der Waals surface area contributed by atoms with Crippen LogP contribution in [-0.4, -0.2) is 27.1 Å². The van der Waals surface area contributed by atoms with Gasteiger partial charge in [-0.25, -0.2) is 0 Å². The van der Waals surface area contributed by atoms with Gasteiger partial charge < -0.3 is 15.3 Å². The summed E-state index contributed by atoms with van der Waals surface area (Å²) < 4.78 is 0. The van der Waals surface area contributed by atoms with Crippen LogP contribution in [0.5, 0.6) is 11.5 Å². The SMILES string of the molecule is CC.O=C(O)CC(=O)c1ccc(O)c(O)c1. The normalized spacial score (nSPS) is 8.88. The molecule has 0 spiro atoms. The van der Waals surface area contributed by atoms with E-state index in [1.165, 1.54) is 6.07 Å². The second-order valence-electron chi connectivity index (χ2n) is 2.70. The number of rotatable bonds is 3. The van der Waals surface area contributed by atoms with Crippen LogP contribution in [-0.2, 0) is 4.79 Å². The Hall–Kier alpha value is -2.04.